The van der Waals surface area contributed by atoms with Gasteiger partial charge in [-0.05, 0) is 36.8 Å². The van der Waals surface area contributed by atoms with Crippen molar-refractivity contribution in [1.29, 1.82) is 0 Å². The van der Waals surface area contributed by atoms with Gasteiger partial charge in [-0.3, -0.25) is 4.79 Å². The second-order valence-electron chi connectivity index (χ2n) is 5.79. The summed E-state index contributed by atoms with van der Waals surface area (Å²) in [4.78, 5) is 16.4. The third-order valence-corrected chi connectivity index (χ3v) is 4.22. The van der Waals surface area contributed by atoms with E-state index >= 15 is 0 Å². The van der Waals surface area contributed by atoms with Gasteiger partial charge in [0.2, 0.25) is 0 Å². The number of aromatic nitrogens is 3. The molecule has 4 aromatic rings. The fourth-order valence-corrected chi connectivity index (χ4v) is 2.95. The van der Waals surface area contributed by atoms with E-state index in [9.17, 15) is 14.4 Å². The predicted octanol–water partition coefficient (Wildman–Crippen LogP) is 3.08. The average molecular weight is 323 g/mol. The maximum Gasteiger partial charge on any atom is 0.309 e. The highest BCUT2D eigenvalue weighted by atomic mass is 19.1. The lowest BCUT2D eigenvalue weighted by atomic mass is 10.1. The summed E-state index contributed by atoms with van der Waals surface area (Å²) < 4.78 is 15.6. The first kappa shape index (κ1) is 14.4. The number of rotatable bonds is 2. The molecule has 0 fully saturated rings. The number of fused-ring (bicyclic) bond motifs is 3. The molecule has 5 nitrogen and oxygen atoms in total. The van der Waals surface area contributed by atoms with Crippen molar-refractivity contribution in [3.05, 3.63) is 76.2 Å². The second kappa shape index (κ2) is 5.19. The molecule has 0 saturated heterocycles. The lowest BCUT2D eigenvalue weighted by molar-refractivity contribution is 0.170. The van der Waals surface area contributed by atoms with Crippen LogP contribution in [0.5, 0.6) is 0 Å². The molecule has 24 heavy (non-hydrogen) atoms. The molecule has 0 aliphatic rings. The molecule has 6 heteroatoms. The largest absolute Gasteiger partial charge is 0.425 e. The van der Waals surface area contributed by atoms with Crippen LogP contribution in [0.2, 0.25) is 0 Å². The Kier molecular flexibility index (Phi) is 3.13. The smallest absolute Gasteiger partial charge is 0.309 e. The summed E-state index contributed by atoms with van der Waals surface area (Å²) in [6, 6.07) is 10.0. The maximum absolute atomic E-state index is 13.0. The Labute approximate surface area is 136 Å². The van der Waals surface area contributed by atoms with Crippen LogP contribution in [0.25, 0.3) is 21.8 Å². The van der Waals surface area contributed by atoms with Crippen LogP contribution in [0.4, 0.5) is 4.39 Å². The summed E-state index contributed by atoms with van der Waals surface area (Å²) in [5.41, 5.74) is 2.00. The molecule has 0 unspecified atom stereocenters. The molecular formula is C18H14FN3O2. The van der Waals surface area contributed by atoms with Gasteiger partial charge in [-0.15, -0.1) is 0 Å². The third-order valence-electron chi connectivity index (χ3n) is 4.22. The van der Waals surface area contributed by atoms with Gasteiger partial charge < -0.3 is 9.77 Å². The van der Waals surface area contributed by atoms with Gasteiger partial charge >= 0.3 is 5.56 Å². The molecule has 1 aromatic carbocycles. The van der Waals surface area contributed by atoms with Gasteiger partial charge in [-0.25, -0.2) is 9.37 Å². The molecule has 0 radical (unpaired) electrons. The fraction of sp³-hybridized carbons (Fsp3) is 0.111. The summed E-state index contributed by atoms with van der Waals surface area (Å²) in [5, 5.41) is 11.3. The molecule has 0 saturated carbocycles. The molecule has 3 aromatic heterocycles. The number of hydrogen-bond donors (Lipinski definition) is 1. The molecule has 0 amide bonds. The van der Waals surface area contributed by atoms with E-state index in [1.807, 2.05) is 16.8 Å². The molecule has 0 atom stereocenters. The van der Waals surface area contributed by atoms with E-state index < -0.39 is 5.56 Å². The van der Waals surface area contributed by atoms with Crippen molar-refractivity contribution >= 4 is 21.8 Å². The number of pyridine rings is 2. The Hall–Kier alpha value is -3.15. The summed E-state index contributed by atoms with van der Waals surface area (Å²) in [6.07, 6.45) is 3.53. The van der Waals surface area contributed by atoms with E-state index in [4.69, 9.17) is 0 Å². The zero-order valence-corrected chi connectivity index (χ0v) is 12.9. The fourth-order valence-electron chi connectivity index (χ4n) is 2.95. The lowest BCUT2D eigenvalue weighted by Crippen LogP contribution is -2.20. The minimum Gasteiger partial charge on any atom is -0.425 e. The van der Waals surface area contributed by atoms with Gasteiger partial charge in [-0.1, -0.05) is 12.1 Å². The van der Waals surface area contributed by atoms with Crippen LogP contribution in [0, 0.1) is 12.7 Å². The average Bonchev–Trinajstić information content (AvgIpc) is 2.98. The van der Waals surface area contributed by atoms with Crippen LogP contribution in [0.3, 0.4) is 0 Å². The van der Waals surface area contributed by atoms with Gasteiger partial charge in [0.25, 0.3) is 0 Å². The van der Waals surface area contributed by atoms with E-state index in [1.165, 1.54) is 12.1 Å². The van der Waals surface area contributed by atoms with Crippen molar-refractivity contribution < 1.29 is 9.60 Å². The molecule has 1 N–H and O–H groups in total. The number of nitrogens with zero attached hydrogens (tertiary/aromatic N) is 3. The predicted molar refractivity (Wildman–Crippen MR) is 88.9 cm³/mol. The first-order chi connectivity index (χ1) is 11.5. The minimum absolute atomic E-state index is 0.232. The Bertz CT molecular complexity index is 1130. The molecule has 0 bridgehead atoms. The van der Waals surface area contributed by atoms with Crippen LogP contribution >= 0.6 is 0 Å². The topological polar surface area (TPSA) is 60.0 Å². The molecule has 0 spiro atoms. The van der Waals surface area contributed by atoms with E-state index in [1.54, 1.807) is 31.3 Å². The first-order valence-electron chi connectivity index (χ1n) is 7.48. The Morgan fingerprint density at radius 2 is 1.92 bits per heavy atom. The Morgan fingerprint density at radius 3 is 2.67 bits per heavy atom. The van der Waals surface area contributed by atoms with Gasteiger partial charge in [-0.2, -0.15) is 4.73 Å². The van der Waals surface area contributed by atoms with Crippen molar-refractivity contribution in [3.63, 3.8) is 0 Å². The standard InChI is InChI=1S/C18H14FN3O2/c1-11-8-15-14-6-7-21(10-12-2-4-13(19)5-3-12)16(14)9-20-17(15)18(23)22(11)24/h2-9,24H,10H2,1H3. The molecule has 0 aliphatic heterocycles. The highest BCUT2D eigenvalue weighted by Gasteiger charge is 2.12. The summed E-state index contributed by atoms with van der Waals surface area (Å²) in [6.45, 7) is 2.24. The van der Waals surface area contributed by atoms with Crippen LogP contribution in [-0.4, -0.2) is 19.5 Å². The third kappa shape index (κ3) is 2.15. The van der Waals surface area contributed by atoms with E-state index in [2.05, 4.69) is 4.98 Å². The Balaban J connectivity index is 1.89. The van der Waals surface area contributed by atoms with Crippen molar-refractivity contribution in [3.8, 4) is 0 Å². The van der Waals surface area contributed by atoms with Crippen molar-refractivity contribution in [2.75, 3.05) is 0 Å². The summed E-state index contributed by atoms with van der Waals surface area (Å²) in [7, 11) is 0. The monoisotopic (exact) mass is 323 g/mol. The number of benzene rings is 1. The van der Waals surface area contributed by atoms with Crippen LogP contribution in [0.15, 0.2) is 53.6 Å². The zero-order chi connectivity index (χ0) is 16.8. The van der Waals surface area contributed by atoms with Crippen molar-refractivity contribution in [1.82, 2.24) is 14.3 Å². The highest BCUT2D eigenvalue weighted by Crippen LogP contribution is 2.24. The van der Waals surface area contributed by atoms with E-state index in [0.29, 0.717) is 22.4 Å². The second-order valence-corrected chi connectivity index (χ2v) is 5.79. The maximum atomic E-state index is 13.0. The Morgan fingerprint density at radius 1 is 1.17 bits per heavy atom. The van der Waals surface area contributed by atoms with Crippen LogP contribution in [0.1, 0.15) is 11.3 Å². The molecule has 120 valence electrons. The first-order valence-corrected chi connectivity index (χ1v) is 7.48. The van der Waals surface area contributed by atoms with Crippen molar-refractivity contribution in [2.45, 2.75) is 13.5 Å². The van der Waals surface area contributed by atoms with Crippen LogP contribution in [-0.2, 0) is 6.54 Å². The molecule has 3 heterocycles. The number of aryl methyl sites for hydroxylation is 1. The van der Waals surface area contributed by atoms with Gasteiger partial charge in [0.05, 0.1) is 17.4 Å². The summed E-state index contributed by atoms with van der Waals surface area (Å²) in [5.74, 6) is -0.264. The molecule has 0 aliphatic carbocycles. The lowest BCUT2D eigenvalue weighted by Gasteiger charge is -2.08. The van der Waals surface area contributed by atoms with Crippen LogP contribution < -0.4 is 5.56 Å². The van der Waals surface area contributed by atoms with E-state index in [0.717, 1.165) is 16.5 Å². The summed E-state index contributed by atoms with van der Waals surface area (Å²) >= 11 is 0. The van der Waals surface area contributed by atoms with Gasteiger partial charge in [0.15, 0.2) is 0 Å². The molecule has 4 rings (SSSR count). The number of hydrogen-bond acceptors (Lipinski definition) is 3. The minimum atomic E-state index is -0.529. The SMILES string of the molecule is Cc1cc2c(ncc3c2ccn3Cc2ccc(F)cc2)c(=O)n1O. The normalized spacial score (nSPS) is 11.4. The van der Waals surface area contributed by atoms with Crippen molar-refractivity contribution in [2.24, 2.45) is 0 Å². The van der Waals surface area contributed by atoms with Gasteiger partial charge in [0, 0.05) is 23.5 Å². The zero-order valence-electron chi connectivity index (χ0n) is 12.9. The quantitative estimate of drug-likeness (QED) is 0.577. The molecular weight excluding hydrogens is 309 g/mol. The van der Waals surface area contributed by atoms with Gasteiger partial charge in [0.1, 0.15) is 11.3 Å². The van der Waals surface area contributed by atoms with E-state index in [-0.39, 0.29) is 11.3 Å². The number of halogens is 1. The highest BCUT2D eigenvalue weighted by molar-refractivity contribution is 6.04.